The Morgan fingerprint density at radius 3 is 2.69 bits per heavy atom. The summed E-state index contributed by atoms with van der Waals surface area (Å²) >= 11 is 6.17. The van der Waals surface area contributed by atoms with Gasteiger partial charge >= 0.3 is 0 Å². The minimum absolute atomic E-state index is 0.496. The number of hydrogen-bond acceptors (Lipinski definition) is 1. The second kappa shape index (κ2) is 6.93. The van der Waals surface area contributed by atoms with Gasteiger partial charge in [0.2, 0.25) is 0 Å². The molecule has 1 nitrogen and oxygen atoms in total. The quantitative estimate of drug-likeness (QED) is 0.785. The zero-order valence-electron chi connectivity index (χ0n) is 10.5. The Bertz CT molecular complexity index is 321. The summed E-state index contributed by atoms with van der Waals surface area (Å²) in [7, 11) is 0. The second-order valence-corrected chi connectivity index (χ2v) is 4.97. The van der Waals surface area contributed by atoms with Crippen LogP contribution in [0.3, 0.4) is 0 Å². The fraction of sp³-hybridized carbons (Fsp3) is 0.571. The normalized spacial score (nSPS) is 11.1. The summed E-state index contributed by atoms with van der Waals surface area (Å²) < 4.78 is 0. The van der Waals surface area contributed by atoms with Crippen molar-refractivity contribution in [1.29, 1.82) is 0 Å². The molecule has 0 amide bonds. The first-order chi connectivity index (χ1) is 7.63. The number of halogens is 1. The van der Waals surface area contributed by atoms with Crippen LogP contribution in [0.25, 0.3) is 0 Å². The molecule has 0 fully saturated rings. The third-order valence-corrected chi connectivity index (χ3v) is 3.00. The molecule has 0 heterocycles. The van der Waals surface area contributed by atoms with Crippen molar-refractivity contribution in [1.82, 2.24) is 5.32 Å². The van der Waals surface area contributed by atoms with Crippen LogP contribution in [0.2, 0.25) is 5.02 Å². The number of benzene rings is 1. The minimum Gasteiger partial charge on any atom is -0.310 e. The van der Waals surface area contributed by atoms with Gasteiger partial charge in [0.15, 0.2) is 0 Å². The van der Waals surface area contributed by atoms with Crippen molar-refractivity contribution in [2.45, 2.75) is 52.6 Å². The van der Waals surface area contributed by atoms with E-state index in [2.05, 4.69) is 38.2 Å². The Morgan fingerprint density at radius 2 is 2.06 bits per heavy atom. The minimum atomic E-state index is 0.496. The van der Waals surface area contributed by atoms with Gasteiger partial charge in [0, 0.05) is 17.6 Å². The summed E-state index contributed by atoms with van der Waals surface area (Å²) in [6.07, 6.45) is 3.64. The van der Waals surface area contributed by atoms with Crippen molar-refractivity contribution in [3.63, 3.8) is 0 Å². The molecule has 0 atom stereocenters. The van der Waals surface area contributed by atoms with Gasteiger partial charge in [-0.1, -0.05) is 50.9 Å². The first-order valence-electron chi connectivity index (χ1n) is 6.14. The maximum Gasteiger partial charge on any atom is 0.0451 e. The molecule has 2 heteroatoms. The van der Waals surface area contributed by atoms with Gasteiger partial charge in [-0.3, -0.25) is 0 Å². The highest BCUT2D eigenvalue weighted by Gasteiger charge is 2.03. The van der Waals surface area contributed by atoms with Crippen molar-refractivity contribution < 1.29 is 0 Å². The van der Waals surface area contributed by atoms with Crippen molar-refractivity contribution in [3.8, 4) is 0 Å². The lowest BCUT2D eigenvalue weighted by Crippen LogP contribution is -2.22. The summed E-state index contributed by atoms with van der Waals surface area (Å²) in [4.78, 5) is 0. The van der Waals surface area contributed by atoms with Gasteiger partial charge in [-0.15, -0.1) is 0 Å². The Balaban J connectivity index is 2.66. The average molecular weight is 240 g/mol. The number of aryl methyl sites for hydroxylation is 1. The topological polar surface area (TPSA) is 12.0 Å². The van der Waals surface area contributed by atoms with Gasteiger partial charge in [-0.25, -0.2) is 0 Å². The monoisotopic (exact) mass is 239 g/mol. The van der Waals surface area contributed by atoms with Crippen LogP contribution in [0.4, 0.5) is 0 Å². The number of unbranched alkanes of at least 4 members (excludes halogenated alkanes) is 1. The van der Waals surface area contributed by atoms with Gasteiger partial charge in [-0.05, 0) is 30.0 Å². The maximum absolute atomic E-state index is 6.17. The third kappa shape index (κ3) is 4.54. The van der Waals surface area contributed by atoms with Gasteiger partial charge in [0.1, 0.15) is 0 Å². The summed E-state index contributed by atoms with van der Waals surface area (Å²) in [5.41, 5.74) is 2.61. The zero-order valence-corrected chi connectivity index (χ0v) is 11.3. The molecule has 1 aromatic carbocycles. The highest BCUT2D eigenvalue weighted by molar-refractivity contribution is 6.31. The van der Waals surface area contributed by atoms with Crippen LogP contribution >= 0.6 is 11.6 Å². The van der Waals surface area contributed by atoms with Crippen molar-refractivity contribution in [3.05, 3.63) is 34.3 Å². The van der Waals surface area contributed by atoms with E-state index in [0.29, 0.717) is 6.04 Å². The molecule has 0 aromatic heterocycles. The lowest BCUT2D eigenvalue weighted by atomic mass is 10.1. The lowest BCUT2D eigenvalue weighted by Gasteiger charge is -2.11. The third-order valence-electron chi connectivity index (χ3n) is 2.63. The van der Waals surface area contributed by atoms with Crippen LogP contribution in [0.1, 0.15) is 44.7 Å². The van der Waals surface area contributed by atoms with E-state index in [9.17, 15) is 0 Å². The highest BCUT2D eigenvalue weighted by Crippen LogP contribution is 2.18. The maximum atomic E-state index is 6.17. The van der Waals surface area contributed by atoms with E-state index >= 15 is 0 Å². The molecule has 1 aromatic rings. The van der Waals surface area contributed by atoms with E-state index in [-0.39, 0.29) is 0 Å². The summed E-state index contributed by atoms with van der Waals surface area (Å²) in [6.45, 7) is 7.37. The van der Waals surface area contributed by atoms with E-state index in [1.165, 1.54) is 24.0 Å². The van der Waals surface area contributed by atoms with Crippen LogP contribution in [-0.4, -0.2) is 6.04 Å². The summed E-state index contributed by atoms with van der Waals surface area (Å²) in [5, 5.41) is 4.27. The predicted molar refractivity (Wildman–Crippen MR) is 72.0 cm³/mol. The molecule has 0 aliphatic carbocycles. The highest BCUT2D eigenvalue weighted by atomic mass is 35.5. The first kappa shape index (κ1) is 13.5. The van der Waals surface area contributed by atoms with Crippen molar-refractivity contribution in [2.75, 3.05) is 0 Å². The fourth-order valence-corrected chi connectivity index (χ4v) is 1.80. The number of rotatable bonds is 6. The van der Waals surface area contributed by atoms with Crippen molar-refractivity contribution in [2.24, 2.45) is 0 Å². The van der Waals surface area contributed by atoms with Gasteiger partial charge in [0.25, 0.3) is 0 Å². The first-order valence-corrected chi connectivity index (χ1v) is 6.52. The molecular formula is C14H22ClN. The molecule has 0 aliphatic rings. The van der Waals surface area contributed by atoms with E-state index in [1.807, 2.05) is 6.07 Å². The van der Waals surface area contributed by atoms with Crippen LogP contribution < -0.4 is 5.32 Å². The summed E-state index contributed by atoms with van der Waals surface area (Å²) in [6, 6.07) is 6.88. The van der Waals surface area contributed by atoms with Gasteiger partial charge < -0.3 is 5.32 Å². The standard InChI is InChI=1S/C14H22ClN/c1-4-5-6-12-7-8-14(15)13(9-12)10-16-11(2)3/h7-9,11,16H,4-6,10H2,1-3H3. The Labute approximate surface area is 104 Å². The van der Waals surface area contributed by atoms with E-state index in [0.717, 1.165) is 18.0 Å². The van der Waals surface area contributed by atoms with Crippen molar-refractivity contribution >= 4 is 11.6 Å². The molecule has 0 radical (unpaired) electrons. The molecule has 0 saturated heterocycles. The number of hydrogen-bond donors (Lipinski definition) is 1. The van der Waals surface area contributed by atoms with Crippen LogP contribution in [0.5, 0.6) is 0 Å². The molecule has 0 saturated carbocycles. The van der Waals surface area contributed by atoms with Gasteiger partial charge in [-0.2, -0.15) is 0 Å². The molecule has 16 heavy (non-hydrogen) atoms. The largest absolute Gasteiger partial charge is 0.310 e. The molecule has 1 rings (SSSR count). The zero-order chi connectivity index (χ0) is 12.0. The van der Waals surface area contributed by atoms with Crippen LogP contribution in [0, 0.1) is 0 Å². The Morgan fingerprint density at radius 1 is 1.31 bits per heavy atom. The lowest BCUT2D eigenvalue weighted by molar-refractivity contribution is 0.588. The molecule has 0 bridgehead atoms. The predicted octanol–water partition coefficient (Wildman–Crippen LogP) is 4.18. The molecular weight excluding hydrogens is 218 g/mol. The van der Waals surface area contributed by atoms with Crippen LogP contribution in [-0.2, 0) is 13.0 Å². The van der Waals surface area contributed by atoms with Gasteiger partial charge in [0.05, 0.1) is 0 Å². The molecule has 0 spiro atoms. The van der Waals surface area contributed by atoms with E-state index in [1.54, 1.807) is 0 Å². The summed E-state index contributed by atoms with van der Waals surface area (Å²) in [5.74, 6) is 0. The smallest absolute Gasteiger partial charge is 0.0451 e. The number of nitrogens with one attached hydrogen (secondary N) is 1. The molecule has 0 unspecified atom stereocenters. The SMILES string of the molecule is CCCCc1ccc(Cl)c(CNC(C)C)c1. The second-order valence-electron chi connectivity index (χ2n) is 4.56. The average Bonchev–Trinajstić information content (AvgIpc) is 2.26. The fourth-order valence-electron chi connectivity index (χ4n) is 1.61. The Kier molecular flexibility index (Phi) is 5.86. The molecule has 0 aliphatic heterocycles. The van der Waals surface area contributed by atoms with E-state index in [4.69, 9.17) is 11.6 Å². The molecule has 1 N–H and O–H groups in total. The van der Waals surface area contributed by atoms with Crippen LogP contribution in [0.15, 0.2) is 18.2 Å². The Hall–Kier alpha value is -0.530. The van der Waals surface area contributed by atoms with E-state index < -0.39 is 0 Å². The molecule has 90 valence electrons.